The van der Waals surface area contributed by atoms with E-state index >= 15 is 0 Å². The second kappa shape index (κ2) is 5.12. The second-order valence-corrected chi connectivity index (χ2v) is 6.06. The molecule has 1 aromatic rings. The Morgan fingerprint density at radius 2 is 1.88 bits per heavy atom. The maximum Gasteiger partial charge on any atom is 0.0349 e. The van der Waals surface area contributed by atoms with Crippen molar-refractivity contribution in [3.8, 4) is 0 Å². The zero-order valence-corrected chi connectivity index (χ0v) is 11.3. The highest BCUT2D eigenvalue weighted by Gasteiger charge is 2.32. The Kier molecular flexibility index (Phi) is 3.76. The van der Waals surface area contributed by atoms with Gasteiger partial charge in [-0.15, -0.1) is 0 Å². The first-order valence-corrected chi connectivity index (χ1v) is 6.94. The molecule has 94 valence electrons. The third kappa shape index (κ3) is 2.65. The van der Waals surface area contributed by atoms with Crippen molar-refractivity contribution in [1.29, 1.82) is 0 Å². The average Bonchev–Trinajstić information content (AvgIpc) is 2.30. The van der Waals surface area contributed by atoms with E-state index < -0.39 is 0 Å². The molecule has 0 aromatic heterocycles. The number of hydrogen-bond donors (Lipinski definition) is 1. The Morgan fingerprint density at radius 1 is 1.18 bits per heavy atom. The molecule has 0 spiro atoms. The number of rotatable bonds is 2. The van der Waals surface area contributed by atoms with Gasteiger partial charge in [-0.05, 0) is 48.1 Å². The molecule has 1 aromatic carbocycles. The largest absolute Gasteiger partial charge is 0.398 e. The SMILES string of the molecule is CC1CCC(c2ccccc2N)C(C(C)C)C1. The van der Waals surface area contributed by atoms with E-state index in [0.29, 0.717) is 5.92 Å². The lowest BCUT2D eigenvalue weighted by Gasteiger charge is -2.38. The van der Waals surface area contributed by atoms with Crippen molar-refractivity contribution < 1.29 is 0 Å². The van der Waals surface area contributed by atoms with E-state index in [2.05, 4.69) is 32.9 Å². The van der Waals surface area contributed by atoms with Crippen molar-refractivity contribution >= 4 is 5.69 Å². The van der Waals surface area contributed by atoms with Gasteiger partial charge in [-0.2, -0.15) is 0 Å². The summed E-state index contributed by atoms with van der Waals surface area (Å²) in [5.74, 6) is 3.10. The van der Waals surface area contributed by atoms with E-state index in [1.54, 1.807) is 0 Å². The summed E-state index contributed by atoms with van der Waals surface area (Å²) >= 11 is 0. The summed E-state index contributed by atoms with van der Waals surface area (Å²) in [5, 5.41) is 0. The Labute approximate surface area is 105 Å². The minimum atomic E-state index is 0.674. The summed E-state index contributed by atoms with van der Waals surface area (Å²) in [5.41, 5.74) is 8.52. The van der Waals surface area contributed by atoms with Crippen LogP contribution in [0.25, 0.3) is 0 Å². The number of anilines is 1. The van der Waals surface area contributed by atoms with Gasteiger partial charge in [0.05, 0.1) is 0 Å². The molecule has 0 heterocycles. The molecule has 1 aliphatic rings. The fraction of sp³-hybridized carbons (Fsp3) is 0.625. The molecule has 0 radical (unpaired) electrons. The number of benzene rings is 1. The van der Waals surface area contributed by atoms with Gasteiger partial charge in [-0.3, -0.25) is 0 Å². The Bertz CT molecular complexity index is 370. The van der Waals surface area contributed by atoms with Gasteiger partial charge in [-0.1, -0.05) is 45.4 Å². The normalized spacial score (nSPS) is 29.5. The van der Waals surface area contributed by atoms with Crippen LogP contribution in [0.5, 0.6) is 0 Å². The lowest BCUT2D eigenvalue weighted by Crippen LogP contribution is -2.26. The molecule has 1 nitrogen and oxygen atoms in total. The zero-order chi connectivity index (χ0) is 12.4. The van der Waals surface area contributed by atoms with Crippen molar-refractivity contribution in [2.75, 3.05) is 5.73 Å². The summed E-state index contributed by atoms with van der Waals surface area (Å²) in [7, 11) is 0. The maximum atomic E-state index is 6.15. The first-order valence-electron chi connectivity index (χ1n) is 6.94. The quantitative estimate of drug-likeness (QED) is 0.748. The molecular formula is C16H25N. The summed E-state index contributed by atoms with van der Waals surface area (Å²) in [6.07, 6.45) is 4.01. The van der Waals surface area contributed by atoms with Crippen LogP contribution in [0.4, 0.5) is 5.69 Å². The Morgan fingerprint density at radius 3 is 2.53 bits per heavy atom. The third-order valence-electron chi connectivity index (χ3n) is 4.41. The topological polar surface area (TPSA) is 26.0 Å². The van der Waals surface area contributed by atoms with Gasteiger partial charge in [0.15, 0.2) is 0 Å². The highest BCUT2D eigenvalue weighted by atomic mass is 14.6. The number of nitrogens with two attached hydrogens (primary N) is 1. The molecule has 1 fully saturated rings. The Hall–Kier alpha value is -0.980. The molecule has 1 heteroatoms. The van der Waals surface area contributed by atoms with E-state index in [9.17, 15) is 0 Å². The van der Waals surface area contributed by atoms with Gasteiger partial charge in [0.2, 0.25) is 0 Å². The molecule has 0 saturated heterocycles. The molecule has 2 N–H and O–H groups in total. The third-order valence-corrected chi connectivity index (χ3v) is 4.41. The molecule has 1 saturated carbocycles. The van der Waals surface area contributed by atoms with Gasteiger partial charge in [0, 0.05) is 5.69 Å². The van der Waals surface area contributed by atoms with E-state index in [1.807, 2.05) is 12.1 Å². The number of hydrogen-bond acceptors (Lipinski definition) is 1. The predicted molar refractivity (Wildman–Crippen MR) is 74.9 cm³/mol. The molecular weight excluding hydrogens is 206 g/mol. The monoisotopic (exact) mass is 231 g/mol. The first-order chi connectivity index (χ1) is 8.09. The van der Waals surface area contributed by atoms with Gasteiger partial charge in [0.25, 0.3) is 0 Å². The standard InChI is InChI=1S/C16H25N/c1-11(2)15-10-12(3)8-9-13(15)14-6-4-5-7-16(14)17/h4-7,11-13,15H,8-10,17H2,1-3H3. The van der Waals surface area contributed by atoms with Gasteiger partial charge >= 0.3 is 0 Å². The second-order valence-electron chi connectivity index (χ2n) is 6.06. The van der Waals surface area contributed by atoms with Crippen LogP contribution in [0.2, 0.25) is 0 Å². The van der Waals surface area contributed by atoms with Crippen molar-refractivity contribution in [1.82, 2.24) is 0 Å². The van der Waals surface area contributed by atoms with Crippen molar-refractivity contribution in [3.63, 3.8) is 0 Å². The van der Waals surface area contributed by atoms with Crippen LogP contribution >= 0.6 is 0 Å². The Balaban J connectivity index is 2.27. The predicted octanol–water partition coefficient (Wildman–Crippen LogP) is 4.44. The van der Waals surface area contributed by atoms with E-state index in [-0.39, 0.29) is 0 Å². The number of nitrogen functional groups attached to an aromatic ring is 1. The zero-order valence-electron chi connectivity index (χ0n) is 11.3. The van der Waals surface area contributed by atoms with Crippen LogP contribution in [0.1, 0.15) is 51.5 Å². The lowest BCUT2D eigenvalue weighted by molar-refractivity contribution is 0.192. The van der Waals surface area contributed by atoms with Crippen LogP contribution in [0.15, 0.2) is 24.3 Å². The maximum absolute atomic E-state index is 6.15. The van der Waals surface area contributed by atoms with E-state index in [1.165, 1.54) is 24.8 Å². The van der Waals surface area contributed by atoms with E-state index in [4.69, 9.17) is 5.73 Å². The molecule has 0 bridgehead atoms. The molecule has 3 atom stereocenters. The van der Waals surface area contributed by atoms with Gasteiger partial charge < -0.3 is 5.73 Å². The minimum absolute atomic E-state index is 0.674. The van der Waals surface area contributed by atoms with Crippen molar-refractivity contribution in [3.05, 3.63) is 29.8 Å². The lowest BCUT2D eigenvalue weighted by atomic mass is 9.67. The van der Waals surface area contributed by atoms with Crippen LogP contribution in [0, 0.1) is 17.8 Å². The van der Waals surface area contributed by atoms with Crippen LogP contribution < -0.4 is 5.73 Å². The molecule has 0 aliphatic heterocycles. The van der Waals surface area contributed by atoms with Gasteiger partial charge in [0.1, 0.15) is 0 Å². The fourth-order valence-corrected chi connectivity index (χ4v) is 3.40. The van der Waals surface area contributed by atoms with Crippen molar-refractivity contribution in [2.45, 2.75) is 46.0 Å². The minimum Gasteiger partial charge on any atom is -0.398 e. The smallest absolute Gasteiger partial charge is 0.0349 e. The van der Waals surface area contributed by atoms with E-state index in [0.717, 1.165) is 23.4 Å². The molecule has 2 rings (SSSR count). The molecule has 0 amide bonds. The van der Waals surface area contributed by atoms with Crippen LogP contribution in [-0.4, -0.2) is 0 Å². The number of para-hydroxylation sites is 1. The summed E-state index contributed by atoms with van der Waals surface area (Å²) < 4.78 is 0. The first kappa shape index (κ1) is 12.5. The summed E-state index contributed by atoms with van der Waals surface area (Å²) in [6, 6.07) is 8.44. The van der Waals surface area contributed by atoms with Crippen LogP contribution in [-0.2, 0) is 0 Å². The van der Waals surface area contributed by atoms with Crippen molar-refractivity contribution in [2.24, 2.45) is 17.8 Å². The highest BCUT2D eigenvalue weighted by Crippen LogP contribution is 2.45. The molecule has 1 aliphatic carbocycles. The molecule has 3 unspecified atom stereocenters. The van der Waals surface area contributed by atoms with Crippen LogP contribution in [0.3, 0.4) is 0 Å². The summed E-state index contributed by atoms with van der Waals surface area (Å²) in [4.78, 5) is 0. The highest BCUT2D eigenvalue weighted by molar-refractivity contribution is 5.48. The fourth-order valence-electron chi connectivity index (χ4n) is 3.40. The van der Waals surface area contributed by atoms with Gasteiger partial charge in [-0.25, -0.2) is 0 Å². The average molecular weight is 231 g/mol. The molecule has 17 heavy (non-hydrogen) atoms. The summed E-state index contributed by atoms with van der Waals surface area (Å²) in [6.45, 7) is 7.10.